The van der Waals surface area contributed by atoms with E-state index in [1.165, 1.54) is 13.8 Å². The number of fused-ring (bicyclic) bond motifs is 1. The minimum absolute atomic E-state index is 0.462. The van der Waals surface area contributed by atoms with Crippen molar-refractivity contribution in [2.45, 2.75) is 19.6 Å². The lowest BCUT2D eigenvalue weighted by Gasteiger charge is -2.22. The summed E-state index contributed by atoms with van der Waals surface area (Å²) >= 11 is 9.78. The zero-order valence-electron chi connectivity index (χ0n) is 13.5. The Hall–Kier alpha value is -2.18. The molecule has 2 aromatic rings. The third-order valence-electron chi connectivity index (χ3n) is 3.70. The topological polar surface area (TPSA) is 67.8 Å². The largest absolute Gasteiger partial charge is 0.428 e. The van der Waals surface area contributed by atoms with E-state index < -0.39 is 17.6 Å². The van der Waals surface area contributed by atoms with Gasteiger partial charge in [-0.25, -0.2) is 4.99 Å². The maximum absolute atomic E-state index is 12.6. The quantitative estimate of drug-likeness (QED) is 0.740. The van der Waals surface area contributed by atoms with E-state index in [0.717, 1.165) is 4.47 Å². The van der Waals surface area contributed by atoms with E-state index in [1.807, 2.05) is 12.1 Å². The molecule has 7 heteroatoms. The number of amides is 1. The van der Waals surface area contributed by atoms with E-state index in [-0.39, 0.29) is 0 Å². The van der Waals surface area contributed by atoms with Crippen molar-refractivity contribution in [1.29, 1.82) is 0 Å². The number of ether oxygens (including phenoxy) is 1. The van der Waals surface area contributed by atoms with Gasteiger partial charge in [0.15, 0.2) is 0 Å². The summed E-state index contributed by atoms with van der Waals surface area (Å²) < 4.78 is 6.05. The normalized spacial score (nSPS) is 19.4. The number of esters is 1. The van der Waals surface area contributed by atoms with E-state index in [0.29, 0.717) is 27.5 Å². The van der Waals surface area contributed by atoms with E-state index in [2.05, 4.69) is 26.2 Å². The van der Waals surface area contributed by atoms with Crippen LogP contribution in [-0.2, 0) is 14.3 Å². The van der Waals surface area contributed by atoms with Gasteiger partial charge in [-0.15, -0.1) is 0 Å². The van der Waals surface area contributed by atoms with Crippen LogP contribution < -0.4 is 5.32 Å². The highest BCUT2D eigenvalue weighted by Gasteiger charge is 2.40. The van der Waals surface area contributed by atoms with Crippen LogP contribution in [-0.4, -0.2) is 23.3 Å². The van der Waals surface area contributed by atoms with Gasteiger partial charge in [0, 0.05) is 34.5 Å². The molecule has 25 heavy (non-hydrogen) atoms. The first-order chi connectivity index (χ1) is 11.8. The molecule has 0 fully saturated rings. The number of hydrogen-bond donors (Lipinski definition) is 1. The van der Waals surface area contributed by atoms with Gasteiger partial charge in [-0.05, 0) is 24.3 Å². The molecule has 0 saturated heterocycles. The third-order valence-corrected chi connectivity index (χ3v) is 4.53. The minimum atomic E-state index is -1.70. The maximum atomic E-state index is 12.6. The smallest absolute Gasteiger partial charge is 0.305 e. The van der Waals surface area contributed by atoms with Crippen molar-refractivity contribution in [2.75, 3.05) is 5.32 Å². The Morgan fingerprint density at radius 3 is 2.64 bits per heavy atom. The van der Waals surface area contributed by atoms with Crippen molar-refractivity contribution in [3.05, 3.63) is 63.1 Å². The van der Waals surface area contributed by atoms with Gasteiger partial charge in [0.1, 0.15) is 0 Å². The highest BCUT2D eigenvalue weighted by Crippen LogP contribution is 2.32. The maximum Gasteiger partial charge on any atom is 0.305 e. The molecule has 5 nitrogen and oxygen atoms in total. The van der Waals surface area contributed by atoms with Gasteiger partial charge in [-0.1, -0.05) is 45.7 Å². The summed E-state index contributed by atoms with van der Waals surface area (Å²) in [6, 6.07) is 12.6. The van der Waals surface area contributed by atoms with E-state index >= 15 is 0 Å². The number of halogens is 2. The zero-order chi connectivity index (χ0) is 18.2. The first-order valence-electron chi connectivity index (χ1n) is 7.46. The van der Waals surface area contributed by atoms with E-state index in [4.69, 9.17) is 16.3 Å². The molecule has 1 aliphatic heterocycles. The van der Waals surface area contributed by atoms with E-state index in [9.17, 15) is 9.59 Å². The Morgan fingerprint density at radius 1 is 1.24 bits per heavy atom. The van der Waals surface area contributed by atoms with Crippen molar-refractivity contribution in [3.8, 4) is 0 Å². The summed E-state index contributed by atoms with van der Waals surface area (Å²) in [5, 5.41) is 3.25. The summed E-state index contributed by atoms with van der Waals surface area (Å²) in [6.07, 6.45) is 0. The first-order valence-corrected chi connectivity index (χ1v) is 8.63. The standard InChI is InChI=1S/C18H14BrClN2O3/c1-10(23)25-18(2)17(24)21-15-8-7-11(19)9-13(15)16(22-18)12-5-3-4-6-14(12)20/h3-9H,1-2H3,(H,21,24). The number of benzene rings is 2. The number of nitrogens with one attached hydrogen (secondary N) is 1. The van der Waals surface area contributed by atoms with Gasteiger partial charge in [-0.2, -0.15) is 0 Å². The highest BCUT2D eigenvalue weighted by molar-refractivity contribution is 9.10. The molecule has 0 bridgehead atoms. The first kappa shape index (κ1) is 17.6. The predicted octanol–water partition coefficient (Wildman–Crippen LogP) is 4.17. The monoisotopic (exact) mass is 420 g/mol. The van der Waals surface area contributed by atoms with Crippen LogP contribution in [0.3, 0.4) is 0 Å². The fraction of sp³-hybridized carbons (Fsp3) is 0.167. The molecule has 1 aliphatic rings. The van der Waals surface area contributed by atoms with Gasteiger partial charge < -0.3 is 10.1 Å². The molecule has 0 aromatic heterocycles. The molecule has 1 atom stereocenters. The average molecular weight is 422 g/mol. The van der Waals surface area contributed by atoms with Crippen LogP contribution in [0.25, 0.3) is 0 Å². The summed E-state index contributed by atoms with van der Waals surface area (Å²) in [5.41, 5.74) is 0.628. The predicted molar refractivity (Wildman–Crippen MR) is 100 cm³/mol. The number of hydrogen-bond acceptors (Lipinski definition) is 4. The van der Waals surface area contributed by atoms with E-state index in [1.54, 1.807) is 30.3 Å². The third kappa shape index (κ3) is 3.45. The molecule has 1 N–H and O–H groups in total. The Balaban J connectivity index is 2.30. The Bertz CT molecular complexity index is 913. The number of carbonyl (C=O) groups is 2. The van der Waals surface area contributed by atoms with Crippen LogP contribution in [0.4, 0.5) is 5.69 Å². The van der Waals surface area contributed by atoms with Crippen molar-refractivity contribution in [2.24, 2.45) is 4.99 Å². The molecular formula is C18H14BrClN2O3. The lowest BCUT2D eigenvalue weighted by atomic mass is 10.0. The summed E-state index contributed by atoms with van der Waals surface area (Å²) in [5.74, 6) is -1.14. The molecule has 1 heterocycles. The molecular weight excluding hydrogens is 408 g/mol. The number of rotatable bonds is 2. The fourth-order valence-corrected chi connectivity index (χ4v) is 3.18. The number of aliphatic imine (C=N–C) groups is 1. The van der Waals surface area contributed by atoms with Crippen molar-refractivity contribution >= 4 is 50.8 Å². The van der Waals surface area contributed by atoms with Crippen molar-refractivity contribution < 1.29 is 14.3 Å². The number of benzodiazepines with no additional fused rings is 1. The van der Waals surface area contributed by atoms with Gasteiger partial charge in [0.2, 0.25) is 0 Å². The molecule has 0 saturated carbocycles. The van der Waals surface area contributed by atoms with Crippen LogP contribution in [0.1, 0.15) is 25.0 Å². The molecule has 3 rings (SSSR count). The van der Waals surface area contributed by atoms with Crippen LogP contribution in [0.2, 0.25) is 5.02 Å². The SMILES string of the molecule is CC(=O)OC1(C)N=C(c2ccccc2Cl)c2cc(Br)ccc2NC1=O. The summed E-state index contributed by atoms with van der Waals surface area (Å²) in [7, 11) is 0. The fourth-order valence-electron chi connectivity index (χ4n) is 2.59. The number of nitrogens with zero attached hydrogens (tertiary/aromatic N) is 1. The Labute approximate surface area is 158 Å². The van der Waals surface area contributed by atoms with Gasteiger partial charge in [0.25, 0.3) is 11.6 Å². The van der Waals surface area contributed by atoms with Crippen LogP contribution in [0.5, 0.6) is 0 Å². The summed E-state index contributed by atoms with van der Waals surface area (Å²) in [4.78, 5) is 28.6. The van der Waals surface area contributed by atoms with Crippen LogP contribution in [0, 0.1) is 0 Å². The minimum Gasteiger partial charge on any atom is -0.428 e. The zero-order valence-corrected chi connectivity index (χ0v) is 15.8. The molecule has 0 spiro atoms. The van der Waals surface area contributed by atoms with Crippen molar-refractivity contribution in [1.82, 2.24) is 0 Å². The van der Waals surface area contributed by atoms with Crippen molar-refractivity contribution in [3.63, 3.8) is 0 Å². The molecule has 1 unspecified atom stereocenters. The second-order valence-electron chi connectivity index (χ2n) is 5.66. The van der Waals surface area contributed by atoms with Crippen LogP contribution >= 0.6 is 27.5 Å². The molecule has 0 aliphatic carbocycles. The molecule has 0 radical (unpaired) electrons. The molecule has 2 aromatic carbocycles. The second kappa shape index (κ2) is 6.61. The highest BCUT2D eigenvalue weighted by atomic mass is 79.9. The van der Waals surface area contributed by atoms with Gasteiger partial charge >= 0.3 is 5.97 Å². The average Bonchev–Trinajstić information content (AvgIpc) is 2.63. The summed E-state index contributed by atoms with van der Waals surface area (Å²) in [6.45, 7) is 2.68. The lowest BCUT2D eigenvalue weighted by Crippen LogP contribution is -2.42. The Morgan fingerprint density at radius 2 is 1.96 bits per heavy atom. The molecule has 128 valence electrons. The van der Waals surface area contributed by atoms with Crippen LogP contribution in [0.15, 0.2) is 51.9 Å². The second-order valence-corrected chi connectivity index (χ2v) is 6.98. The Kier molecular flexibility index (Phi) is 4.67. The number of carbonyl (C=O) groups excluding carboxylic acids is 2. The molecule has 1 amide bonds. The van der Waals surface area contributed by atoms with Gasteiger partial charge in [0.05, 0.1) is 11.4 Å². The van der Waals surface area contributed by atoms with Gasteiger partial charge in [-0.3, -0.25) is 9.59 Å². The number of anilines is 1. The lowest BCUT2D eigenvalue weighted by molar-refractivity contribution is -0.161.